The van der Waals surface area contributed by atoms with Gasteiger partial charge in [-0.15, -0.1) is 0 Å². The highest BCUT2D eigenvalue weighted by molar-refractivity contribution is 6.30. The lowest BCUT2D eigenvalue weighted by atomic mass is 9.91. The van der Waals surface area contributed by atoms with Crippen LogP contribution in [-0.4, -0.2) is 35.4 Å². The van der Waals surface area contributed by atoms with Crippen molar-refractivity contribution < 1.29 is 9.90 Å². The van der Waals surface area contributed by atoms with Crippen molar-refractivity contribution in [1.29, 1.82) is 0 Å². The first kappa shape index (κ1) is 18.7. The molecule has 1 heterocycles. The minimum Gasteiger partial charge on any atom is -0.507 e. The zero-order chi connectivity index (χ0) is 18.4. The van der Waals surface area contributed by atoms with Crippen LogP contribution in [0.5, 0.6) is 0 Å². The van der Waals surface area contributed by atoms with Crippen molar-refractivity contribution in [1.82, 2.24) is 4.90 Å². The summed E-state index contributed by atoms with van der Waals surface area (Å²) in [4.78, 5) is 14.9. The predicted molar refractivity (Wildman–Crippen MR) is 106 cm³/mol. The number of nitrogens with zero attached hydrogens (tertiary/aromatic N) is 1. The SMILES string of the molecule is O=C(/C=C(/O)c1ccc(Cl)cc1)C1CCN(CCc2ccccc2)CC1. The fourth-order valence-corrected chi connectivity index (χ4v) is 3.46. The fourth-order valence-electron chi connectivity index (χ4n) is 3.33. The molecule has 0 atom stereocenters. The summed E-state index contributed by atoms with van der Waals surface area (Å²) in [6, 6.07) is 17.3. The second kappa shape index (κ2) is 9.02. The van der Waals surface area contributed by atoms with Crippen molar-refractivity contribution in [2.45, 2.75) is 19.3 Å². The summed E-state index contributed by atoms with van der Waals surface area (Å²) in [5.74, 6) is 0.0239. The summed E-state index contributed by atoms with van der Waals surface area (Å²) < 4.78 is 0. The van der Waals surface area contributed by atoms with E-state index in [1.54, 1.807) is 24.3 Å². The van der Waals surface area contributed by atoms with Gasteiger partial charge >= 0.3 is 0 Å². The maximum Gasteiger partial charge on any atom is 0.162 e. The van der Waals surface area contributed by atoms with Crippen molar-refractivity contribution in [3.05, 3.63) is 76.8 Å². The molecule has 1 saturated heterocycles. The van der Waals surface area contributed by atoms with Crippen molar-refractivity contribution in [3.63, 3.8) is 0 Å². The van der Waals surface area contributed by atoms with Crippen molar-refractivity contribution in [2.75, 3.05) is 19.6 Å². The lowest BCUT2D eigenvalue weighted by molar-refractivity contribution is -0.119. The number of ketones is 1. The summed E-state index contributed by atoms with van der Waals surface area (Å²) in [6.45, 7) is 2.88. The Bertz CT molecular complexity index is 747. The molecule has 26 heavy (non-hydrogen) atoms. The van der Waals surface area contributed by atoms with Crippen LogP contribution in [0, 0.1) is 5.92 Å². The average molecular weight is 370 g/mol. The lowest BCUT2D eigenvalue weighted by Gasteiger charge is -2.30. The Morgan fingerprint density at radius 2 is 1.73 bits per heavy atom. The molecule has 1 aliphatic heterocycles. The third-order valence-electron chi connectivity index (χ3n) is 4.97. The van der Waals surface area contributed by atoms with Crippen LogP contribution in [0.15, 0.2) is 60.7 Å². The number of piperidine rings is 1. The number of hydrogen-bond donors (Lipinski definition) is 1. The molecule has 136 valence electrons. The summed E-state index contributed by atoms with van der Waals surface area (Å²) in [5.41, 5.74) is 1.96. The van der Waals surface area contributed by atoms with E-state index in [4.69, 9.17) is 11.6 Å². The molecule has 0 aliphatic carbocycles. The summed E-state index contributed by atoms with van der Waals surface area (Å²) >= 11 is 5.85. The van der Waals surface area contributed by atoms with Gasteiger partial charge in [-0.25, -0.2) is 0 Å². The number of aliphatic hydroxyl groups excluding tert-OH is 1. The first-order valence-electron chi connectivity index (χ1n) is 9.08. The Morgan fingerprint density at radius 1 is 1.08 bits per heavy atom. The molecular formula is C22H24ClNO2. The van der Waals surface area contributed by atoms with Crippen LogP contribution in [0.25, 0.3) is 5.76 Å². The number of halogens is 1. The quantitative estimate of drug-likeness (QED) is 0.589. The Labute approximate surface area is 159 Å². The van der Waals surface area contributed by atoms with E-state index in [2.05, 4.69) is 29.2 Å². The van der Waals surface area contributed by atoms with E-state index in [0.29, 0.717) is 10.6 Å². The number of aliphatic hydroxyl groups is 1. The molecule has 0 spiro atoms. The average Bonchev–Trinajstić information content (AvgIpc) is 2.68. The van der Waals surface area contributed by atoms with Crippen LogP contribution in [0.3, 0.4) is 0 Å². The fraction of sp³-hybridized carbons (Fsp3) is 0.318. The molecule has 2 aromatic rings. The van der Waals surface area contributed by atoms with Crippen molar-refractivity contribution in [2.24, 2.45) is 5.92 Å². The molecule has 1 aliphatic rings. The number of hydrogen-bond acceptors (Lipinski definition) is 3. The molecule has 0 saturated carbocycles. The van der Waals surface area contributed by atoms with Gasteiger partial charge in [-0.1, -0.05) is 41.9 Å². The van der Waals surface area contributed by atoms with Gasteiger partial charge in [-0.05, 0) is 62.2 Å². The molecule has 1 N–H and O–H groups in total. The molecule has 0 unspecified atom stereocenters. The summed E-state index contributed by atoms with van der Waals surface area (Å²) in [5, 5.41) is 10.8. The monoisotopic (exact) mass is 369 g/mol. The van der Waals surface area contributed by atoms with Crippen LogP contribution in [-0.2, 0) is 11.2 Å². The van der Waals surface area contributed by atoms with E-state index in [0.717, 1.165) is 38.9 Å². The van der Waals surface area contributed by atoms with Gasteiger partial charge in [0.05, 0.1) is 0 Å². The van der Waals surface area contributed by atoms with E-state index >= 15 is 0 Å². The van der Waals surface area contributed by atoms with Crippen molar-refractivity contribution >= 4 is 23.1 Å². The first-order valence-corrected chi connectivity index (χ1v) is 9.46. The number of rotatable bonds is 6. The number of allylic oxidation sites excluding steroid dienone is 1. The van der Waals surface area contributed by atoms with Gasteiger partial charge in [-0.3, -0.25) is 4.79 Å². The van der Waals surface area contributed by atoms with E-state index in [1.165, 1.54) is 11.6 Å². The Morgan fingerprint density at radius 3 is 2.38 bits per heavy atom. The minimum absolute atomic E-state index is 0.00238. The highest BCUT2D eigenvalue weighted by Gasteiger charge is 2.24. The zero-order valence-electron chi connectivity index (χ0n) is 14.8. The molecule has 0 bridgehead atoms. The van der Waals surface area contributed by atoms with Crippen LogP contribution in [0.4, 0.5) is 0 Å². The van der Waals surface area contributed by atoms with Crippen LogP contribution < -0.4 is 0 Å². The summed E-state index contributed by atoms with van der Waals surface area (Å²) in [6.07, 6.45) is 4.10. The highest BCUT2D eigenvalue weighted by atomic mass is 35.5. The van der Waals surface area contributed by atoms with Gasteiger partial charge in [0.15, 0.2) is 5.78 Å². The first-order chi connectivity index (χ1) is 12.6. The topological polar surface area (TPSA) is 40.5 Å². The maximum atomic E-state index is 12.5. The maximum absolute atomic E-state index is 12.5. The number of carbonyl (C=O) groups excluding carboxylic acids is 1. The van der Waals surface area contributed by atoms with Crippen LogP contribution in [0.1, 0.15) is 24.0 Å². The molecule has 0 radical (unpaired) electrons. The predicted octanol–water partition coefficient (Wildman–Crippen LogP) is 4.76. The number of carbonyl (C=O) groups is 1. The third kappa shape index (κ3) is 5.20. The molecule has 2 aromatic carbocycles. The largest absolute Gasteiger partial charge is 0.507 e. The van der Waals surface area contributed by atoms with Gasteiger partial charge < -0.3 is 10.0 Å². The van der Waals surface area contributed by atoms with Crippen LogP contribution in [0.2, 0.25) is 5.02 Å². The van der Waals surface area contributed by atoms with Crippen LogP contribution >= 0.6 is 11.6 Å². The molecule has 3 rings (SSSR count). The molecule has 3 nitrogen and oxygen atoms in total. The smallest absolute Gasteiger partial charge is 0.162 e. The third-order valence-corrected chi connectivity index (χ3v) is 5.22. The Kier molecular flexibility index (Phi) is 6.48. The van der Waals surface area contributed by atoms with Crippen molar-refractivity contribution in [3.8, 4) is 0 Å². The normalized spacial score (nSPS) is 16.6. The van der Waals surface area contributed by atoms with E-state index in [-0.39, 0.29) is 17.5 Å². The second-order valence-electron chi connectivity index (χ2n) is 6.79. The number of benzene rings is 2. The number of likely N-dealkylation sites (tertiary alicyclic amines) is 1. The van der Waals surface area contributed by atoms with Gasteiger partial charge in [-0.2, -0.15) is 0 Å². The summed E-state index contributed by atoms with van der Waals surface area (Å²) in [7, 11) is 0. The van der Waals surface area contributed by atoms with E-state index in [9.17, 15) is 9.90 Å². The second-order valence-corrected chi connectivity index (χ2v) is 7.23. The van der Waals surface area contributed by atoms with Gasteiger partial charge in [0.25, 0.3) is 0 Å². The standard InChI is InChI=1S/C22H24ClNO2/c23-20-8-6-18(7-9-20)21(25)16-22(26)19-11-14-24(15-12-19)13-10-17-4-2-1-3-5-17/h1-9,16,19,25H,10-15H2/b21-16+. The molecule has 1 fully saturated rings. The molecule has 0 amide bonds. The highest BCUT2D eigenvalue weighted by Crippen LogP contribution is 2.21. The Balaban J connectivity index is 1.48. The lowest BCUT2D eigenvalue weighted by Crippen LogP contribution is -2.37. The minimum atomic E-state index is -0.00238. The van der Waals surface area contributed by atoms with Gasteiger partial charge in [0.2, 0.25) is 0 Å². The van der Waals surface area contributed by atoms with Gasteiger partial charge in [0, 0.05) is 29.1 Å². The van der Waals surface area contributed by atoms with E-state index < -0.39 is 0 Å². The molecule has 4 heteroatoms. The van der Waals surface area contributed by atoms with Gasteiger partial charge in [0.1, 0.15) is 5.76 Å². The Hall–Kier alpha value is -2.10. The van der Waals surface area contributed by atoms with E-state index in [1.807, 2.05) is 6.07 Å². The molecular weight excluding hydrogens is 346 g/mol. The zero-order valence-corrected chi connectivity index (χ0v) is 15.5. The molecule has 0 aromatic heterocycles.